The van der Waals surface area contributed by atoms with Crippen LogP contribution in [0.2, 0.25) is 5.02 Å². The van der Waals surface area contributed by atoms with Gasteiger partial charge < -0.3 is 15.0 Å². The van der Waals surface area contributed by atoms with Crippen LogP contribution in [0, 0.1) is 11.8 Å². The second-order valence-electron chi connectivity index (χ2n) is 10.7. The molecule has 1 saturated heterocycles. The predicted octanol–water partition coefficient (Wildman–Crippen LogP) is 4.94. The number of aryl methyl sites for hydroxylation is 1. The van der Waals surface area contributed by atoms with Crippen molar-refractivity contribution >= 4 is 44.9 Å². The van der Waals surface area contributed by atoms with E-state index in [2.05, 4.69) is 22.3 Å². The average molecular weight is 567 g/mol. The molecule has 39 heavy (non-hydrogen) atoms. The number of halogens is 1. The first-order valence-corrected chi connectivity index (χ1v) is 15.4. The standard InChI is InChI=1S/C29H31ClN4O4S/c1-38-25(35)15-18-4-12-23(13-5-18)31-28-27-24(3-2-14-39(27,36)37)32-29(33-28)34-16-20-6-7-21(17-34)26(20)19-8-10-22(30)11-9-19/h4-5,8-13,20-21,26H,2-3,6-7,14-17H2,1H3,(H,31,32,33). The number of hydrogen-bond acceptors (Lipinski definition) is 8. The van der Waals surface area contributed by atoms with Crippen molar-refractivity contribution in [3.63, 3.8) is 0 Å². The van der Waals surface area contributed by atoms with E-state index in [0.29, 0.717) is 53.7 Å². The quantitative estimate of drug-likeness (QED) is 0.419. The summed E-state index contributed by atoms with van der Waals surface area (Å²) in [5.41, 5.74) is 3.42. The van der Waals surface area contributed by atoms with Gasteiger partial charge in [-0.3, -0.25) is 4.79 Å². The number of methoxy groups -OCH3 is 1. The van der Waals surface area contributed by atoms with E-state index in [4.69, 9.17) is 26.3 Å². The Hall–Kier alpha value is -3.17. The number of esters is 1. The zero-order valence-electron chi connectivity index (χ0n) is 21.8. The molecule has 2 aromatic carbocycles. The lowest BCUT2D eigenvalue weighted by Crippen LogP contribution is -2.42. The van der Waals surface area contributed by atoms with Crippen LogP contribution < -0.4 is 10.2 Å². The molecule has 2 fully saturated rings. The summed E-state index contributed by atoms with van der Waals surface area (Å²) in [5, 5.41) is 4.00. The molecule has 0 amide bonds. The molecule has 2 atom stereocenters. The zero-order valence-corrected chi connectivity index (χ0v) is 23.3. The molecule has 1 saturated carbocycles. The molecule has 10 heteroatoms. The molecular formula is C29H31ClN4O4S. The lowest BCUT2D eigenvalue weighted by Gasteiger charge is -2.38. The summed E-state index contributed by atoms with van der Waals surface area (Å²) in [6, 6.07) is 15.5. The van der Waals surface area contributed by atoms with Gasteiger partial charge in [-0.2, -0.15) is 4.98 Å². The van der Waals surface area contributed by atoms with Crippen molar-refractivity contribution in [2.45, 2.75) is 42.9 Å². The number of ether oxygens (including phenoxy) is 1. The van der Waals surface area contributed by atoms with Crippen molar-refractivity contribution in [3.05, 3.63) is 70.4 Å². The maximum Gasteiger partial charge on any atom is 0.309 e. The second kappa shape index (κ2) is 10.4. The third-order valence-electron chi connectivity index (χ3n) is 8.23. The molecule has 8 nitrogen and oxygen atoms in total. The van der Waals surface area contributed by atoms with Gasteiger partial charge in [-0.25, -0.2) is 13.4 Å². The SMILES string of the molecule is COC(=O)Cc1ccc(Nc2nc(N3CC4CCC(C3)C4c3ccc(Cl)cc3)nc3c2S(=O)(=O)CCC3)cc1. The van der Waals surface area contributed by atoms with Gasteiger partial charge in [0.2, 0.25) is 5.95 Å². The van der Waals surface area contributed by atoms with Gasteiger partial charge in [0.15, 0.2) is 15.7 Å². The highest BCUT2D eigenvalue weighted by atomic mass is 35.5. The maximum atomic E-state index is 13.1. The first-order chi connectivity index (χ1) is 18.8. The number of carbonyl (C=O) groups excluding carboxylic acids is 1. The number of nitrogens with one attached hydrogen (secondary N) is 1. The number of anilines is 3. The van der Waals surface area contributed by atoms with Crippen molar-refractivity contribution in [2.24, 2.45) is 11.8 Å². The van der Waals surface area contributed by atoms with Crippen LogP contribution >= 0.6 is 11.6 Å². The molecule has 1 aliphatic carbocycles. The van der Waals surface area contributed by atoms with Crippen LogP contribution in [0.25, 0.3) is 0 Å². The molecule has 2 unspecified atom stereocenters. The monoisotopic (exact) mass is 566 g/mol. The third kappa shape index (κ3) is 5.22. The van der Waals surface area contributed by atoms with Gasteiger partial charge in [-0.15, -0.1) is 0 Å². The highest BCUT2D eigenvalue weighted by Gasteiger charge is 2.44. The van der Waals surface area contributed by atoms with Crippen LogP contribution in [0.4, 0.5) is 17.5 Å². The van der Waals surface area contributed by atoms with Crippen molar-refractivity contribution < 1.29 is 17.9 Å². The van der Waals surface area contributed by atoms with Gasteiger partial charge in [-0.05, 0) is 78.8 Å². The number of aromatic nitrogens is 2. The zero-order chi connectivity index (χ0) is 27.1. The van der Waals surface area contributed by atoms with Crippen LogP contribution in [0.15, 0.2) is 53.4 Å². The smallest absolute Gasteiger partial charge is 0.309 e. The highest BCUT2D eigenvalue weighted by molar-refractivity contribution is 7.91. The Kier molecular flexibility index (Phi) is 6.97. The van der Waals surface area contributed by atoms with Crippen molar-refractivity contribution in [1.29, 1.82) is 0 Å². The Bertz CT molecular complexity index is 1480. The Morgan fingerprint density at radius 3 is 2.41 bits per heavy atom. The minimum Gasteiger partial charge on any atom is -0.469 e. The highest BCUT2D eigenvalue weighted by Crippen LogP contribution is 2.49. The van der Waals surface area contributed by atoms with E-state index in [0.717, 1.165) is 36.5 Å². The Balaban J connectivity index is 1.30. The van der Waals surface area contributed by atoms with Crippen LogP contribution in [0.5, 0.6) is 0 Å². The normalized spacial score (nSPS) is 23.2. The Labute approximate surface area is 233 Å². The minimum absolute atomic E-state index is 0.0894. The van der Waals surface area contributed by atoms with Gasteiger partial charge in [0.05, 0.1) is 25.0 Å². The van der Waals surface area contributed by atoms with Gasteiger partial charge in [0, 0.05) is 23.8 Å². The molecule has 3 heterocycles. The maximum absolute atomic E-state index is 13.1. The first kappa shape index (κ1) is 26.1. The molecule has 3 aromatic rings. The van der Waals surface area contributed by atoms with Gasteiger partial charge in [-0.1, -0.05) is 35.9 Å². The van der Waals surface area contributed by atoms with Crippen LogP contribution in [0.1, 0.15) is 42.0 Å². The van der Waals surface area contributed by atoms with Gasteiger partial charge >= 0.3 is 5.97 Å². The number of carbonyl (C=O) groups is 1. The average Bonchev–Trinajstić information content (AvgIpc) is 3.18. The molecule has 6 rings (SSSR count). The summed E-state index contributed by atoms with van der Waals surface area (Å²) in [5.74, 6) is 2.12. The fourth-order valence-corrected chi connectivity index (χ4v) is 8.19. The van der Waals surface area contributed by atoms with Gasteiger partial charge in [0.1, 0.15) is 4.90 Å². The minimum atomic E-state index is -3.50. The number of nitrogens with zero attached hydrogens (tertiary/aromatic N) is 3. The summed E-state index contributed by atoms with van der Waals surface area (Å²) in [7, 11) is -2.14. The summed E-state index contributed by atoms with van der Waals surface area (Å²) >= 11 is 6.13. The Morgan fingerprint density at radius 1 is 1.05 bits per heavy atom. The molecule has 0 spiro atoms. The summed E-state index contributed by atoms with van der Waals surface area (Å²) in [6.07, 6.45) is 3.63. The molecule has 0 radical (unpaired) electrons. The van der Waals surface area contributed by atoms with Crippen molar-refractivity contribution in [2.75, 3.05) is 36.2 Å². The van der Waals surface area contributed by atoms with E-state index in [1.807, 2.05) is 36.4 Å². The van der Waals surface area contributed by atoms with E-state index < -0.39 is 9.84 Å². The van der Waals surface area contributed by atoms with Crippen molar-refractivity contribution in [3.8, 4) is 0 Å². The second-order valence-corrected chi connectivity index (χ2v) is 13.2. The lowest BCUT2D eigenvalue weighted by molar-refractivity contribution is -0.139. The lowest BCUT2D eigenvalue weighted by atomic mass is 9.80. The molecule has 1 aromatic heterocycles. The first-order valence-electron chi connectivity index (χ1n) is 13.4. The number of sulfone groups is 1. The molecule has 2 bridgehead atoms. The van der Waals surface area contributed by atoms with Crippen molar-refractivity contribution in [1.82, 2.24) is 9.97 Å². The van der Waals surface area contributed by atoms with E-state index in [1.165, 1.54) is 12.7 Å². The summed E-state index contributed by atoms with van der Waals surface area (Å²) in [6.45, 7) is 1.66. The van der Waals surface area contributed by atoms with E-state index in [1.54, 1.807) is 0 Å². The fourth-order valence-electron chi connectivity index (χ4n) is 6.43. The van der Waals surface area contributed by atoms with Crippen LogP contribution in [-0.4, -0.2) is 50.3 Å². The number of benzene rings is 2. The number of hydrogen-bond donors (Lipinski definition) is 1. The fraction of sp³-hybridized carbons (Fsp3) is 0.414. The number of rotatable bonds is 6. The third-order valence-corrected chi connectivity index (χ3v) is 10.4. The topological polar surface area (TPSA) is 101 Å². The molecule has 204 valence electrons. The largest absolute Gasteiger partial charge is 0.469 e. The van der Waals surface area contributed by atoms with Gasteiger partial charge in [0.25, 0.3) is 0 Å². The predicted molar refractivity (Wildman–Crippen MR) is 150 cm³/mol. The van der Waals surface area contributed by atoms with Crippen LogP contribution in [0.3, 0.4) is 0 Å². The number of piperidine rings is 1. The summed E-state index contributed by atoms with van der Waals surface area (Å²) < 4.78 is 31.0. The summed E-state index contributed by atoms with van der Waals surface area (Å²) in [4.78, 5) is 23.7. The molecular weight excluding hydrogens is 536 g/mol. The Morgan fingerprint density at radius 2 is 1.74 bits per heavy atom. The number of fused-ring (bicyclic) bond motifs is 3. The van der Waals surface area contributed by atoms with E-state index in [-0.39, 0.29) is 23.0 Å². The van der Waals surface area contributed by atoms with E-state index >= 15 is 0 Å². The van der Waals surface area contributed by atoms with Crippen LogP contribution in [-0.2, 0) is 32.2 Å². The molecule has 3 aliphatic rings. The molecule has 1 N–H and O–H groups in total. The molecule has 2 aliphatic heterocycles. The van der Waals surface area contributed by atoms with E-state index in [9.17, 15) is 13.2 Å².